The second kappa shape index (κ2) is 7.48. The van der Waals surface area contributed by atoms with Crippen LogP contribution in [0.15, 0.2) is 42.5 Å². The molecule has 0 radical (unpaired) electrons. The van der Waals surface area contributed by atoms with Crippen LogP contribution in [0.25, 0.3) is 11.0 Å². The fraction of sp³-hybridized carbons (Fsp3) is 0.250. The number of carbonyl (C=O) groups excluding carboxylic acids is 1. The summed E-state index contributed by atoms with van der Waals surface area (Å²) in [5.41, 5.74) is 1.97. The first-order valence-corrected chi connectivity index (χ1v) is 9.28. The minimum atomic E-state index is -0.461. The van der Waals surface area contributed by atoms with Crippen molar-refractivity contribution in [1.82, 2.24) is 9.97 Å². The summed E-state index contributed by atoms with van der Waals surface area (Å²) in [6.07, 6.45) is 3.28. The van der Waals surface area contributed by atoms with Crippen LogP contribution in [0.3, 0.4) is 0 Å². The number of piperidine rings is 1. The molecule has 1 saturated heterocycles. The van der Waals surface area contributed by atoms with Crippen LogP contribution in [0, 0.1) is 5.82 Å². The molecule has 1 aliphatic rings. The zero-order valence-corrected chi connectivity index (χ0v) is 15.3. The lowest BCUT2D eigenvalue weighted by atomic mass is 10.1. The average Bonchev–Trinajstić information content (AvgIpc) is 2.69. The normalized spacial score (nSPS) is 14.4. The Morgan fingerprint density at radius 2 is 1.74 bits per heavy atom. The summed E-state index contributed by atoms with van der Waals surface area (Å²) >= 11 is 6.04. The Hall–Kier alpha value is -2.73. The number of fused-ring (bicyclic) bond motifs is 1. The van der Waals surface area contributed by atoms with Gasteiger partial charge in [0.15, 0.2) is 11.5 Å². The highest BCUT2D eigenvalue weighted by Gasteiger charge is 2.23. The molecule has 1 fully saturated rings. The van der Waals surface area contributed by atoms with E-state index < -0.39 is 11.7 Å². The van der Waals surface area contributed by atoms with Crippen molar-refractivity contribution in [2.75, 3.05) is 23.3 Å². The van der Waals surface area contributed by atoms with E-state index in [-0.39, 0.29) is 10.7 Å². The van der Waals surface area contributed by atoms with Crippen molar-refractivity contribution in [3.63, 3.8) is 0 Å². The molecule has 3 aromatic rings. The molecular formula is C20H18ClFN4O. The van der Waals surface area contributed by atoms with Gasteiger partial charge < -0.3 is 10.2 Å². The van der Waals surface area contributed by atoms with Gasteiger partial charge in [0.2, 0.25) is 0 Å². The molecule has 2 heterocycles. The second-order valence-corrected chi connectivity index (χ2v) is 6.92. The molecule has 1 amide bonds. The smallest absolute Gasteiger partial charge is 0.278 e. The Labute approximate surface area is 161 Å². The molecular weight excluding hydrogens is 367 g/mol. The maximum atomic E-state index is 13.3. The molecule has 1 aliphatic heterocycles. The van der Waals surface area contributed by atoms with Crippen LogP contribution in [0.2, 0.25) is 5.02 Å². The van der Waals surface area contributed by atoms with Gasteiger partial charge in [-0.15, -0.1) is 0 Å². The highest BCUT2D eigenvalue weighted by molar-refractivity contribution is 6.34. The predicted molar refractivity (Wildman–Crippen MR) is 105 cm³/mol. The molecule has 0 atom stereocenters. The van der Waals surface area contributed by atoms with Crippen molar-refractivity contribution >= 4 is 40.0 Å². The van der Waals surface area contributed by atoms with Gasteiger partial charge in [0.25, 0.3) is 5.91 Å². The number of halogens is 2. The first-order chi connectivity index (χ1) is 13.1. The minimum Gasteiger partial charge on any atom is -0.355 e. The van der Waals surface area contributed by atoms with Crippen molar-refractivity contribution < 1.29 is 9.18 Å². The fourth-order valence-electron chi connectivity index (χ4n) is 3.24. The summed E-state index contributed by atoms with van der Waals surface area (Å²) in [5, 5.41) is 2.87. The summed E-state index contributed by atoms with van der Waals surface area (Å²) < 4.78 is 13.3. The van der Waals surface area contributed by atoms with E-state index >= 15 is 0 Å². The zero-order valence-electron chi connectivity index (χ0n) is 14.6. The second-order valence-electron chi connectivity index (χ2n) is 6.51. The van der Waals surface area contributed by atoms with Gasteiger partial charge in [-0.05, 0) is 49.6 Å². The third kappa shape index (κ3) is 3.71. The van der Waals surface area contributed by atoms with Crippen LogP contribution in [0.4, 0.5) is 15.9 Å². The van der Waals surface area contributed by atoms with Gasteiger partial charge in [-0.1, -0.05) is 23.7 Å². The van der Waals surface area contributed by atoms with Crippen LogP contribution >= 0.6 is 11.6 Å². The number of para-hydroxylation sites is 2. The van der Waals surface area contributed by atoms with E-state index in [1.165, 1.54) is 18.6 Å². The van der Waals surface area contributed by atoms with Gasteiger partial charge in [-0.25, -0.2) is 14.4 Å². The van der Waals surface area contributed by atoms with Gasteiger partial charge in [0.1, 0.15) is 5.82 Å². The number of nitrogens with one attached hydrogen (secondary N) is 1. The topological polar surface area (TPSA) is 58.1 Å². The fourth-order valence-corrected chi connectivity index (χ4v) is 3.46. The van der Waals surface area contributed by atoms with Gasteiger partial charge in [-0.2, -0.15) is 0 Å². The third-order valence-corrected chi connectivity index (χ3v) is 4.91. The standard InChI is InChI=1S/C20H18ClFN4O/c21-14-12-13(22)8-9-15(14)25-20(27)18-19(26-10-4-1-5-11-26)24-17-7-3-2-6-16(17)23-18/h2-3,6-9,12H,1,4-5,10-11H2,(H,25,27). The highest BCUT2D eigenvalue weighted by atomic mass is 35.5. The maximum absolute atomic E-state index is 13.3. The van der Waals surface area contributed by atoms with E-state index in [0.717, 1.165) is 37.5 Å². The van der Waals surface area contributed by atoms with Crippen molar-refractivity contribution in [3.8, 4) is 0 Å². The number of amides is 1. The summed E-state index contributed by atoms with van der Waals surface area (Å²) in [6.45, 7) is 1.68. The lowest BCUT2D eigenvalue weighted by molar-refractivity contribution is 0.102. The van der Waals surface area contributed by atoms with Gasteiger partial charge in [0.05, 0.1) is 21.7 Å². The molecule has 2 aromatic carbocycles. The van der Waals surface area contributed by atoms with E-state index in [0.29, 0.717) is 17.0 Å². The Kier molecular flexibility index (Phi) is 4.90. The van der Waals surface area contributed by atoms with Crippen LogP contribution in [0.5, 0.6) is 0 Å². The maximum Gasteiger partial charge on any atom is 0.278 e. The molecule has 138 valence electrons. The number of carbonyl (C=O) groups is 1. The van der Waals surface area contributed by atoms with Crippen molar-refractivity contribution in [2.45, 2.75) is 19.3 Å². The van der Waals surface area contributed by atoms with E-state index in [1.54, 1.807) is 0 Å². The number of benzene rings is 2. The van der Waals surface area contributed by atoms with E-state index in [9.17, 15) is 9.18 Å². The van der Waals surface area contributed by atoms with E-state index in [4.69, 9.17) is 16.6 Å². The van der Waals surface area contributed by atoms with Crippen LogP contribution in [-0.2, 0) is 0 Å². The average molecular weight is 385 g/mol. The number of anilines is 2. The van der Waals surface area contributed by atoms with Gasteiger partial charge in [-0.3, -0.25) is 4.79 Å². The lowest BCUT2D eigenvalue weighted by Crippen LogP contribution is -2.33. The molecule has 0 saturated carbocycles. The molecule has 5 nitrogen and oxygen atoms in total. The first-order valence-electron chi connectivity index (χ1n) is 8.90. The predicted octanol–water partition coefficient (Wildman–Crippen LogP) is 4.66. The summed E-state index contributed by atoms with van der Waals surface area (Å²) in [4.78, 5) is 24.3. The molecule has 7 heteroatoms. The van der Waals surface area contributed by atoms with E-state index in [1.807, 2.05) is 24.3 Å². The zero-order chi connectivity index (χ0) is 18.8. The Balaban J connectivity index is 1.74. The van der Waals surface area contributed by atoms with Gasteiger partial charge in [0, 0.05) is 13.1 Å². The number of nitrogens with zero attached hydrogens (tertiary/aromatic N) is 3. The Morgan fingerprint density at radius 1 is 1.04 bits per heavy atom. The molecule has 27 heavy (non-hydrogen) atoms. The SMILES string of the molecule is O=C(Nc1ccc(F)cc1Cl)c1nc2ccccc2nc1N1CCCCC1. The lowest BCUT2D eigenvalue weighted by Gasteiger charge is -2.29. The molecule has 1 aromatic heterocycles. The molecule has 0 aliphatic carbocycles. The molecule has 0 unspecified atom stereocenters. The van der Waals surface area contributed by atoms with Crippen molar-refractivity contribution in [3.05, 3.63) is 59.0 Å². The largest absolute Gasteiger partial charge is 0.355 e. The number of hydrogen-bond donors (Lipinski definition) is 1. The van der Waals surface area contributed by atoms with Crippen molar-refractivity contribution in [2.24, 2.45) is 0 Å². The van der Waals surface area contributed by atoms with Crippen molar-refractivity contribution in [1.29, 1.82) is 0 Å². The minimum absolute atomic E-state index is 0.136. The number of rotatable bonds is 3. The van der Waals surface area contributed by atoms with Crippen LogP contribution < -0.4 is 10.2 Å². The molecule has 1 N–H and O–H groups in total. The molecule has 0 spiro atoms. The number of aromatic nitrogens is 2. The monoisotopic (exact) mass is 384 g/mol. The number of hydrogen-bond acceptors (Lipinski definition) is 4. The quantitative estimate of drug-likeness (QED) is 0.713. The summed E-state index contributed by atoms with van der Waals surface area (Å²) in [5.74, 6) is -0.302. The molecule has 0 bridgehead atoms. The van der Waals surface area contributed by atoms with Crippen LogP contribution in [-0.4, -0.2) is 29.0 Å². The Morgan fingerprint density at radius 3 is 2.44 bits per heavy atom. The van der Waals surface area contributed by atoms with Crippen LogP contribution in [0.1, 0.15) is 29.8 Å². The third-order valence-electron chi connectivity index (χ3n) is 4.60. The summed E-state index contributed by atoms with van der Waals surface area (Å²) in [7, 11) is 0. The van der Waals surface area contributed by atoms with Gasteiger partial charge >= 0.3 is 0 Å². The Bertz CT molecular complexity index is 1000. The van der Waals surface area contributed by atoms with E-state index in [2.05, 4.69) is 15.2 Å². The summed E-state index contributed by atoms with van der Waals surface area (Å²) in [6, 6.07) is 11.3. The first kappa shape index (κ1) is 17.7. The molecule has 4 rings (SSSR count). The highest BCUT2D eigenvalue weighted by Crippen LogP contribution is 2.27.